The number of hydrogen-bond acceptors (Lipinski definition) is 6. The maximum absolute atomic E-state index is 14.9. The van der Waals surface area contributed by atoms with Crippen LogP contribution in [0.1, 0.15) is 45.9 Å². The molecule has 0 saturated heterocycles. The highest BCUT2D eigenvalue weighted by Gasteiger charge is 2.20. The van der Waals surface area contributed by atoms with Gasteiger partial charge in [-0.25, -0.2) is 18.7 Å². The van der Waals surface area contributed by atoms with Gasteiger partial charge >= 0.3 is 0 Å². The van der Waals surface area contributed by atoms with Gasteiger partial charge in [0.15, 0.2) is 28.8 Å². The molecule has 2 heterocycles. The highest BCUT2D eigenvalue weighted by atomic mass is 19.1. The van der Waals surface area contributed by atoms with Gasteiger partial charge in [-0.2, -0.15) is 5.26 Å². The Bertz CT molecular complexity index is 1380. The molecule has 0 aliphatic carbocycles. The standard InChI is InChI=1S/C22H16F2N6O2.2C2H6/c1-11-7-15-19(24)18(8-17(23)20(15)28-11)32-22-16(9-25)21(26-10-27-22)30-14-5-3-13(4-6-14)29-12(2)31;2*1-2/h3-8,10,28H,1-2H3,(H,29,31)(H,26,27,30);2*1-2H3. The van der Waals surface area contributed by atoms with Crippen molar-refractivity contribution in [3.63, 3.8) is 0 Å². The molecular weight excluding hydrogens is 466 g/mol. The number of hydrogen-bond donors (Lipinski definition) is 3. The van der Waals surface area contributed by atoms with Crippen molar-refractivity contribution in [3.05, 3.63) is 65.6 Å². The van der Waals surface area contributed by atoms with E-state index in [0.29, 0.717) is 17.1 Å². The molecular formula is C26H28F2N6O2. The van der Waals surface area contributed by atoms with Crippen molar-refractivity contribution in [1.29, 1.82) is 5.26 Å². The molecule has 2 aromatic heterocycles. The largest absolute Gasteiger partial charge is 0.434 e. The maximum Gasteiger partial charge on any atom is 0.242 e. The molecule has 0 saturated carbocycles. The Labute approximate surface area is 208 Å². The van der Waals surface area contributed by atoms with Crippen molar-refractivity contribution < 1.29 is 18.3 Å². The van der Waals surface area contributed by atoms with E-state index in [2.05, 4.69) is 25.6 Å². The Kier molecular flexibility index (Phi) is 9.86. The minimum Gasteiger partial charge on any atom is -0.434 e. The quantitative estimate of drug-likeness (QED) is 0.276. The van der Waals surface area contributed by atoms with Crippen LogP contribution in [0.25, 0.3) is 10.9 Å². The van der Waals surface area contributed by atoms with Gasteiger partial charge in [-0.15, -0.1) is 0 Å². The van der Waals surface area contributed by atoms with E-state index in [1.54, 1.807) is 31.2 Å². The van der Waals surface area contributed by atoms with E-state index in [1.165, 1.54) is 13.0 Å². The molecule has 0 unspecified atom stereocenters. The van der Waals surface area contributed by atoms with Crippen molar-refractivity contribution >= 4 is 34.0 Å². The smallest absolute Gasteiger partial charge is 0.242 e. The normalized spacial score (nSPS) is 9.75. The number of halogens is 2. The minimum absolute atomic E-state index is 0.0283. The zero-order valence-corrected chi connectivity index (χ0v) is 21.0. The summed E-state index contributed by atoms with van der Waals surface area (Å²) in [6, 6.07) is 11.0. The number of anilines is 3. The third-order valence-corrected chi connectivity index (χ3v) is 4.50. The molecule has 0 aliphatic rings. The summed E-state index contributed by atoms with van der Waals surface area (Å²) in [4.78, 5) is 21.8. The number of nitrogens with one attached hydrogen (secondary N) is 3. The van der Waals surface area contributed by atoms with E-state index < -0.39 is 17.4 Å². The third-order valence-electron chi connectivity index (χ3n) is 4.50. The van der Waals surface area contributed by atoms with Crippen LogP contribution in [0.3, 0.4) is 0 Å². The lowest BCUT2D eigenvalue weighted by Crippen LogP contribution is -2.05. The number of nitriles is 1. The topological polar surface area (TPSA) is 116 Å². The second-order valence-electron chi connectivity index (χ2n) is 6.91. The first-order valence-corrected chi connectivity index (χ1v) is 11.4. The van der Waals surface area contributed by atoms with Gasteiger partial charge in [-0.1, -0.05) is 27.7 Å². The van der Waals surface area contributed by atoms with Crippen LogP contribution < -0.4 is 15.4 Å². The number of aromatic nitrogens is 3. The van der Waals surface area contributed by atoms with Crippen molar-refractivity contribution in [2.45, 2.75) is 41.5 Å². The summed E-state index contributed by atoms with van der Waals surface area (Å²) in [6.07, 6.45) is 1.14. The van der Waals surface area contributed by atoms with Gasteiger partial charge in [-0.3, -0.25) is 4.79 Å². The van der Waals surface area contributed by atoms with Crippen molar-refractivity contribution in [2.24, 2.45) is 0 Å². The summed E-state index contributed by atoms with van der Waals surface area (Å²) in [5, 5.41) is 15.3. The molecule has 8 nitrogen and oxygen atoms in total. The fourth-order valence-corrected chi connectivity index (χ4v) is 3.13. The molecule has 0 bridgehead atoms. The van der Waals surface area contributed by atoms with E-state index in [0.717, 1.165) is 12.4 Å². The van der Waals surface area contributed by atoms with E-state index in [1.807, 2.05) is 33.8 Å². The molecule has 0 aliphatic heterocycles. The molecule has 0 atom stereocenters. The minimum atomic E-state index is -0.781. The number of carbonyl (C=O) groups excluding carboxylic acids is 1. The lowest BCUT2D eigenvalue weighted by atomic mass is 10.2. The van der Waals surface area contributed by atoms with Crippen LogP contribution in [-0.2, 0) is 4.79 Å². The van der Waals surface area contributed by atoms with Gasteiger partial charge < -0.3 is 20.4 Å². The van der Waals surface area contributed by atoms with E-state index >= 15 is 0 Å². The SMILES string of the molecule is CC.CC.CC(=O)Nc1ccc(Nc2ncnc(Oc3cc(F)c4[nH]c(C)cc4c3F)c2C#N)cc1. The van der Waals surface area contributed by atoms with Gasteiger partial charge in [0.05, 0.1) is 5.52 Å². The van der Waals surface area contributed by atoms with E-state index in [4.69, 9.17) is 4.74 Å². The van der Waals surface area contributed by atoms with Gasteiger partial charge in [0.2, 0.25) is 11.8 Å². The highest BCUT2D eigenvalue weighted by Crippen LogP contribution is 2.34. The average Bonchev–Trinajstić information content (AvgIpc) is 3.28. The predicted octanol–water partition coefficient (Wildman–Crippen LogP) is 6.96. The monoisotopic (exact) mass is 494 g/mol. The first kappa shape index (κ1) is 27.7. The number of H-pyrrole nitrogens is 1. The lowest BCUT2D eigenvalue weighted by molar-refractivity contribution is -0.114. The summed E-state index contributed by atoms with van der Waals surface area (Å²) in [5.41, 5.74) is 1.69. The summed E-state index contributed by atoms with van der Waals surface area (Å²) >= 11 is 0. The van der Waals surface area contributed by atoms with Gasteiger partial charge in [0.1, 0.15) is 12.4 Å². The summed E-state index contributed by atoms with van der Waals surface area (Å²) in [7, 11) is 0. The summed E-state index contributed by atoms with van der Waals surface area (Å²) in [5.74, 6) is -2.21. The zero-order valence-electron chi connectivity index (χ0n) is 21.0. The molecule has 0 spiro atoms. The number of benzene rings is 2. The molecule has 4 rings (SSSR count). The van der Waals surface area contributed by atoms with Gasteiger partial charge in [0, 0.05) is 35.4 Å². The lowest BCUT2D eigenvalue weighted by Gasteiger charge is -2.12. The average molecular weight is 495 g/mol. The number of nitrogens with zero attached hydrogens (tertiary/aromatic N) is 3. The van der Waals surface area contributed by atoms with Crippen molar-refractivity contribution in [3.8, 4) is 17.7 Å². The van der Waals surface area contributed by atoms with Crippen LogP contribution in [0.2, 0.25) is 0 Å². The molecule has 188 valence electrons. The highest BCUT2D eigenvalue weighted by molar-refractivity contribution is 5.89. The number of carbonyl (C=O) groups is 1. The Balaban J connectivity index is 0.00000109. The van der Waals surface area contributed by atoms with Crippen LogP contribution >= 0.6 is 0 Å². The number of aromatic amines is 1. The molecule has 10 heteroatoms. The number of fused-ring (bicyclic) bond motifs is 1. The van der Waals surface area contributed by atoms with Crippen LogP contribution in [0.5, 0.6) is 11.6 Å². The number of ether oxygens (including phenoxy) is 1. The Hall–Kier alpha value is -4.52. The molecule has 36 heavy (non-hydrogen) atoms. The molecule has 2 aromatic carbocycles. The summed E-state index contributed by atoms with van der Waals surface area (Å²) < 4.78 is 34.7. The zero-order chi connectivity index (χ0) is 26.8. The van der Waals surface area contributed by atoms with Crippen LogP contribution in [-0.4, -0.2) is 20.9 Å². The fraction of sp³-hybridized carbons (Fsp3) is 0.231. The van der Waals surface area contributed by atoms with E-state index in [-0.39, 0.29) is 34.1 Å². The first-order valence-electron chi connectivity index (χ1n) is 11.4. The predicted molar refractivity (Wildman–Crippen MR) is 136 cm³/mol. The number of aryl methyl sites for hydroxylation is 1. The van der Waals surface area contributed by atoms with Crippen molar-refractivity contribution in [1.82, 2.24) is 15.0 Å². The Morgan fingerprint density at radius 1 is 1.06 bits per heavy atom. The van der Waals surface area contributed by atoms with E-state index in [9.17, 15) is 18.8 Å². The molecule has 0 radical (unpaired) electrons. The third kappa shape index (κ3) is 6.33. The summed E-state index contributed by atoms with van der Waals surface area (Å²) in [6.45, 7) is 11.1. The Morgan fingerprint density at radius 2 is 1.69 bits per heavy atom. The van der Waals surface area contributed by atoms with Crippen LogP contribution in [0, 0.1) is 29.9 Å². The first-order chi connectivity index (χ1) is 17.4. The second kappa shape index (κ2) is 12.8. The number of amides is 1. The van der Waals surface area contributed by atoms with Crippen LogP contribution in [0.15, 0.2) is 42.7 Å². The fourth-order valence-electron chi connectivity index (χ4n) is 3.13. The number of rotatable bonds is 5. The molecule has 1 amide bonds. The van der Waals surface area contributed by atoms with Crippen LogP contribution in [0.4, 0.5) is 26.0 Å². The Morgan fingerprint density at radius 3 is 2.31 bits per heavy atom. The van der Waals surface area contributed by atoms with Gasteiger partial charge in [0.25, 0.3) is 0 Å². The maximum atomic E-state index is 14.9. The molecule has 0 fully saturated rings. The van der Waals surface area contributed by atoms with Gasteiger partial charge in [-0.05, 0) is 37.3 Å². The van der Waals surface area contributed by atoms with Crippen molar-refractivity contribution in [2.75, 3.05) is 10.6 Å². The second-order valence-corrected chi connectivity index (χ2v) is 6.91. The molecule has 4 aromatic rings. The molecule has 3 N–H and O–H groups in total.